The maximum absolute atomic E-state index is 12.3. The zero-order chi connectivity index (χ0) is 12.4. The van der Waals surface area contributed by atoms with Crippen molar-refractivity contribution in [2.45, 2.75) is 13.0 Å². The van der Waals surface area contributed by atoms with E-state index in [9.17, 15) is 4.79 Å². The molecule has 1 amide bonds. The highest BCUT2D eigenvalue weighted by molar-refractivity contribution is 6.43. The Morgan fingerprint density at radius 2 is 2.17 bits per heavy atom. The quantitative estimate of drug-likeness (QED) is 0.865. The summed E-state index contributed by atoms with van der Waals surface area (Å²) < 4.78 is 0. The SMILES string of the molecule is C[C@H]1CNCCN1C(=O)c1cccc(Cl)c1Cl.Cl. The van der Waals surface area contributed by atoms with Gasteiger partial charge < -0.3 is 10.2 Å². The van der Waals surface area contributed by atoms with E-state index in [0.29, 0.717) is 22.2 Å². The van der Waals surface area contributed by atoms with E-state index < -0.39 is 0 Å². The van der Waals surface area contributed by atoms with E-state index in [1.54, 1.807) is 18.2 Å². The molecule has 1 aromatic carbocycles. The van der Waals surface area contributed by atoms with Crippen LogP contribution in [0.25, 0.3) is 0 Å². The number of hydrogen-bond acceptors (Lipinski definition) is 2. The minimum atomic E-state index is -0.0495. The van der Waals surface area contributed by atoms with Crippen LogP contribution in [0.3, 0.4) is 0 Å². The van der Waals surface area contributed by atoms with Gasteiger partial charge in [0.15, 0.2) is 0 Å². The summed E-state index contributed by atoms with van der Waals surface area (Å²) in [6.45, 7) is 4.34. The molecule has 3 nitrogen and oxygen atoms in total. The van der Waals surface area contributed by atoms with Crippen molar-refractivity contribution in [2.24, 2.45) is 0 Å². The van der Waals surface area contributed by atoms with Gasteiger partial charge in [-0.15, -0.1) is 12.4 Å². The Morgan fingerprint density at radius 1 is 1.44 bits per heavy atom. The zero-order valence-corrected chi connectivity index (χ0v) is 12.3. The average Bonchev–Trinajstić information content (AvgIpc) is 2.32. The van der Waals surface area contributed by atoms with Gasteiger partial charge in [-0.2, -0.15) is 0 Å². The van der Waals surface area contributed by atoms with Crippen molar-refractivity contribution in [3.8, 4) is 0 Å². The van der Waals surface area contributed by atoms with Crippen molar-refractivity contribution in [1.29, 1.82) is 0 Å². The lowest BCUT2D eigenvalue weighted by Crippen LogP contribution is -2.52. The molecular formula is C12H15Cl3N2O. The van der Waals surface area contributed by atoms with Gasteiger partial charge in [0, 0.05) is 25.7 Å². The lowest BCUT2D eigenvalue weighted by atomic mass is 10.1. The minimum absolute atomic E-state index is 0. The molecule has 1 N–H and O–H groups in total. The number of amides is 1. The van der Waals surface area contributed by atoms with Gasteiger partial charge in [-0.25, -0.2) is 0 Å². The first-order chi connectivity index (χ1) is 8.11. The van der Waals surface area contributed by atoms with Gasteiger partial charge in [-0.3, -0.25) is 4.79 Å². The first-order valence-corrected chi connectivity index (χ1v) is 6.32. The highest BCUT2D eigenvalue weighted by atomic mass is 35.5. The summed E-state index contributed by atoms with van der Waals surface area (Å²) in [5.41, 5.74) is 0.480. The largest absolute Gasteiger partial charge is 0.333 e. The third kappa shape index (κ3) is 3.09. The summed E-state index contributed by atoms with van der Waals surface area (Å²) in [5, 5.41) is 4.00. The summed E-state index contributed by atoms with van der Waals surface area (Å²) >= 11 is 12.0. The molecule has 18 heavy (non-hydrogen) atoms. The monoisotopic (exact) mass is 308 g/mol. The van der Waals surface area contributed by atoms with Crippen LogP contribution in [0.4, 0.5) is 0 Å². The number of rotatable bonds is 1. The van der Waals surface area contributed by atoms with Gasteiger partial charge >= 0.3 is 0 Å². The second-order valence-corrected chi connectivity index (χ2v) is 4.94. The fourth-order valence-electron chi connectivity index (χ4n) is 1.97. The first kappa shape index (κ1) is 15.6. The van der Waals surface area contributed by atoms with Crippen LogP contribution >= 0.6 is 35.6 Å². The number of hydrogen-bond donors (Lipinski definition) is 1. The molecule has 6 heteroatoms. The van der Waals surface area contributed by atoms with Crippen LogP contribution in [0.5, 0.6) is 0 Å². The van der Waals surface area contributed by atoms with Gasteiger partial charge in [-0.1, -0.05) is 29.3 Å². The predicted molar refractivity (Wildman–Crippen MR) is 77.1 cm³/mol. The van der Waals surface area contributed by atoms with Crippen LogP contribution in [0.2, 0.25) is 10.0 Å². The molecule has 1 aliphatic heterocycles. The van der Waals surface area contributed by atoms with Gasteiger partial charge in [0.25, 0.3) is 5.91 Å². The molecule has 1 fully saturated rings. The number of carbonyl (C=O) groups excluding carboxylic acids is 1. The highest BCUT2D eigenvalue weighted by Gasteiger charge is 2.25. The number of benzene rings is 1. The van der Waals surface area contributed by atoms with Gasteiger partial charge in [0.1, 0.15) is 0 Å². The topological polar surface area (TPSA) is 32.3 Å². The van der Waals surface area contributed by atoms with Crippen molar-refractivity contribution in [2.75, 3.05) is 19.6 Å². The Hall–Kier alpha value is -0.480. The lowest BCUT2D eigenvalue weighted by molar-refractivity contribution is 0.0656. The average molecular weight is 310 g/mol. The number of nitrogens with one attached hydrogen (secondary N) is 1. The van der Waals surface area contributed by atoms with Crippen LogP contribution in [-0.2, 0) is 0 Å². The van der Waals surface area contributed by atoms with Crippen LogP contribution in [0.15, 0.2) is 18.2 Å². The molecule has 0 saturated carbocycles. The predicted octanol–water partition coefficient (Wildman–Crippen LogP) is 2.85. The van der Waals surface area contributed by atoms with Crippen molar-refractivity contribution >= 4 is 41.5 Å². The van der Waals surface area contributed by atoms with Crippen LogP contribution in [0.1, 0.15) is 17.3 Å². The van der Waals surface area contributed by atoms with Crippen molar-refractivity contribution in [3.05, 3.63) is 33.8 Å². The summed E-state index contributed by atoms with van der Waals surface area (Å²) in [6.07, 6.45) is 0. The Labute approximate surface area is 123 Å². The number of carbonyl (C=O) groups is 1. The second-order valence-electron chi connectivity index (χ2n) is 4.15. The van der Waals surface area contributed by atoms with E-state index in [2.05, 4.69) is 5.32 Å². The molecule has 0 radical (unpaired) electrons. The minimum Gasteiger partial charge on any atom is -0.333 e. The molecule has 1 saturated heterocycles. The lowest BCUT2D eigenvalue weighted by Gasteiger charge is -2.34. The Bertz CT molecular complexity index is 439. The maximum Gasteiger partial charge on any atom is 0.255 e. The molecule has 1 aliphatic rings. The van der Waals surface area contributed by atoms with Crippen molar-refractivity contribution in [3.63, 3.8) is 0 Å². The fraction of sp³-hybridized carbons (Fsp3) is 0.417. The number of halogens is 3. The molecule has 100 valence electrons. The smallest absolute Gasteiger partial charge is 0.255 e. The van der Waals surface area contributed by atoms with E-state index in [1.165, 1.54) is 0 Å². The second kappa shape index (κ2) is 6.62. The molecule has 1 aromatic rings. The third-order valence-corrected chi connectivity index (χ3v) is 3.76. The summed E-state index contributed by atoms with van der Waals surface area (Å²) in [5.74, 6) is -0.0495. The molecule has 0 unspecified atom stereocenters. The molecule has 0 bridgehead atoms. The molecule has 0 spiro atoms. The van der Waals surface area contributed by atoms with Gasteiger partial charge in [0.2, 0.25) is 0 Å². The van der Waals surface area contributed by atoms with Crippen LogP contribution in [-0.4, -0.2) is 36.5 Å². The molecule has 0 aromatic heterocycles. The van der Waals surface area contributed by atoms with E-state index >= 15 is 0 Å². The standard InChI is InChI=1S/C12H14Cl2N2O.ClH/c1-8-7-15-5-6-16(8)12(17)9-3-2-4-10(13)11(9)14;/h2-4,8,15H,5-7H2,1H3;1H/t8-;/m0./s1. The summed E-state index contributed by atoms with van der Waals surface area (Å²) in [4.78, 5) is 14.2. The summed E-state index contributed by atoms with van der Waals surface area (Å²) in [7, 11) is 0. The molecule has 2 rings (SSSR count). The number of nitrogens with zero attached hydrogens (tertiary/aromatic N) is 1. The Kier molecular flexibility index (Phi) is 5.73. The van der Waals surface area contributed by atoms with Crippen LogP contribution in [0, 0.1) is 0 Å². The molecular weight excluding hydrogens is 295 g/mol. The molecule has 0 aliphatic carbocycles. The van der Waals surface area contributed by atoms with Gasteiger partial charge in [-0.05, 0) is 19.1 Å². The van der Waals surface area contributed by atoms with Crippen molar-refractivity contribution in [1.82, 2.24) is 10.2 Å². The Morgan fingerprint density at radius 3 is 2.83 bits per heavy atom. The maximum atomic E-state index is 12.3. The van der Waals surface area contributed by atoms with Gasteiger partial charge in [0.05, 0.1) is 15.6 Å². The first-order valence-electron chi connectivity index (χ1n) is 5.57. The van der Waals surface area contributed by atoms with Crippen molar-refractivity contribution < 1.29 is 4.79 Å². The Balaban J connectivity index is 0.00000162. The van der Waals surface area contributed by atoms with Crippen LogP contribution < -0.4 is 5.32 Å². The zero-order valence-electron chi connectivity index (χ0n) is 9.95. The highest BCUT2D eigenvalue weighted by Crippen LogP contribution is 2.27. The van der Waals surface area contributed by atoms with E-state index in [-0.39, 0.29) is 24.4 Å². The van der Waals surface area contributed by atoms with E-state index in [1.807, 2.05) is 11.8 Å². The normalized spacial score (nSPS) is 19.3. The fourth-order valence-corrected chi connectivity index (χ4v) is 2.35. The number of piperazine rings is 1. The molecule has 1 atom stereocenters. The molecule has 1 heterocycles. The third-order valence-electron chi connectivity index (χ3n) is 2.94. The summed E-state index contributed by atoms with van der Waals surface area (Å²) in [6, 6.07) is 5.31. The van der Waals surface area contributed by atoms with E-state index in [0.717, 1.165) is 13.1 Å². The van der Waals surface area contributed by atoms with E-state index in [4.69, 9.17) is 23.2 Å².